The highest BCUT2D eigenvalue weighted by atomic mass is 32.2. The topological polar surface area (TPSA) is 112 Å². The molecule has 0 bridgehead atoms. The van der Waals surface area contributed by atoms with Crippen molar-refractivity contribution in [2.45, 2.75) is 75.3 Å². The van der Waals surface area contributed by atoms with Gasteiger partial charge >= 0.3 is 0 Å². The van der Waals surface area contributed by atoms with E-state index in [9.17, 15) is 13.2 Å². The monoisotopic (exact) mass is 552 g/mol. The molecule has 1 N–H and O–H groups in total. The summed E-state index contributed by atoms with van der Waals surface area (Å²) in [4.78, 5) is 22.7. The van der Waals surface area contributed by atoms with Crippen molar-refractivity contribution in [2.75, 3.05) is 31.4 Å². The van der Waals surface area contributed by atoms with Crippen LogP contribution in [0.25, 0.3) is 11.2 Å². The van der Waals surface area contributed by atoms with Gasteiger partial charge in [-0.05, 0) is 75.6 Å². The minimum Gasteiger partial charge on any atom is -0.381 e. The van der Waals surface area contributed by atoms with Crippen LogP contribution in [0.2, 0.25) is 0 Å². The molecule has 208 valence electrons. The van der Waals surface area contributed by atoms with E-state index in [-0.39, 0.29) is 35.2 Å². The minimum absolute atomic E-state index is 0.125. The number of rotatable bonds is 8. The van der Waals surface area contributed by atoms with Crippen LogP contribution < -0.4 is 5.32 Å². The van der Waals surface area contributed by atoms with Crippen molar-refractivity contribution in [2.24, 2.45) is 5.92 Å². The first-order chi connectivity index (χ1) is 18.8. The van der Waals surface area contributed by atoms with E-state index < -0.39 is 9.84 Å². The highest BCUT2D eigenvalue weighted by molar-refractivity contribution is 7.90. The van der Waals surface area contributed by atoms with E-state index in [4.69, 9.17) is 19.4 Å². The maximum absolute atomic E-state index is 12.9. The summed E-state index contributed by atoms with van der Waals surface area (Å²) in [7, 11) is -3.54. The standard InChI is InChI=1S/C29H36N4O5S/c1-18-30-28-24(32-23-11-10-20(14-26(23)39(2,35)36)21-6-5-12-37-17-21)15-22(16-25(34)19-8-9-19)31-29(28)33(18)27-7-3-4-13-38-27/h10-11,14-15,19,21,27H,3-9,12-13,16-17H2,1-2H3,(H,31,32). The van der Waals surface area contributed by atoms with Crippen LogP contribution in [-0.2, 0) is 30.5 Å². The Kier molecular flexibility index (Phi) is 7.20. The maximum atomic E-state index is 12.9. The van der Waals surface area contributed by atoms with Gasteiger partial charge in [-0.3, -0.25) is 9.36 Å². The zero-order chi connectivity index (χ0) is 27.1. The molecule has 1 aromatic carbocycles. The molecule has 6 rings (SSSR count). The van der Waals surface area contributed by atoms with Crippen molar-refractivity contribution < 1.29 is 22.7 Å². The van der Waals surface area contributed by atoms with E-state index in [1.165, 1.54) is 6.26 Å². The third-order valence-corrected chi connectivity index (χ3v) is 9.15. The summed E-state index contributed by atoms with van der Waals surface area (Å²) in [6, 6.07) is 7.42. The molecule has 3 aromatic rings. The molecule has 3 fully saturated rings. The molecule has 0 radical (unpaired) electrons. The molecular formula is C29H36N4O5S. The van der Waals surface area contributed by atoms with E-state index in [0.29, 0.717) is 41.4 Å². The van der Waals surface area contributed by atoms with Crippen LogP contribution in [0.1, 0.15) is 74.2 Å². The zero-order valence-corrected chi connectivity index (χ0v) is 23.4. The van der Waals surface area contributed by atoms with Gasteiger partial charge < -0.3 is 14.8 Å². The van der Waals surface area contributed by atoms with Gasteiger partial charge in [0.05, 0.1) is 28.6 Å². The number of aromatic nitrogens is 3. The summed E-state index contributed by atoms with van der Waals surface area (Å²) in [6.45, 7) is 3.96. The number of carbonyl (C=O) groups excluding carboxylic acids is 1. The Balaban J connectivity index is 1.43. The number of hydrogen-bond donors (Lipinski definition) is 1. The number of hydrogen-bond acceptors (Lipinski definition) is 8. The van der Waals surface area contributed by atoms with Gasteiger partial charge in [0.2, 0.25) is 0 Å². The molecule has 0 amide bonds. The van der Waals surface area contributed by atoms with Crippen molar-refractivity contribution in [1.82, 2.24) is 14.5 Å². The van der Waals surface area contributed by atoms with Gasteiger partial charge in [-0.25, -0.2) is 18.4 Å². The van der Waals surface area contributed by atoms with Crippen molar-refractivity contribution in [1.29, 1.82) is 0 Å². The summed E-state index contributed by atoms with van der Waals surface area (Å²) >= 11 is 0. The minimum atomic E-state index is -3.54. The van der Waals surface area contributed by atoms with Crippen LogP contribution in [0.3, 0.4) is 0 Å². The van der Waals surface area contributed by atoms with Gasteiger partial charge in [-0.2, -0.15) is 0 Å². The van der Waals surface area contributed by atoms with Crippen LogP contribution in [0.15, 0.2) is 29.2 Å². The van der Waals surface area contributed by atoms with Crippen molar-refractivity contribution >= 4 is 38.2 Å². The van der Waals surface area contributed by atoms with E-state index in [1.54, 1.807) is 6.07 Å². The van der Waals surface area contributed by atoms with Gasteiger partial charge in [0.25, 0.3) is 0 Å². The Bertz CT molecular complexity index is 1500. The van der Waals surface area contributed by atoms with Crippen LogP contribution in [0, 0.1) is 12.8 Å². The number of benzene rings is 1. The molecule has 10 heteroatoms. The molecule has 2 atom stereocenters. The van der Waals surface area contributed by atoms with Crippen molar-refractivity contribution in [3.8, 4) is 0 Å². The molecule has 2 aliphatic heterocycles. The molecule has 2 aromatic heterocycles. The van der Waals surface area contributed by atoms with Crippen molar-refractivity contribution in [3.63, 3.8) is 0 Å². The highest BCUT2D eigenvalue weighted by Crippen LogP contribution is 2.37. The second kappa shape index (κ2) is 10.6. The quantitative estimate of drug-likeness (QED) is 0.415. The number of ether oxygens (including phenoxy) is 2. The van der Waals surface area contributed by atoms with E-state index >= 15 is 0 Å². The molecule has 2 saturated heterocycles. The van der Waals surface area contributed by atoms with Gasteiger partial charge in [-0.1, -0.05) is 6.07 Å². The number of nitrogens with zero attached hydrogens (tertiary/aromatic N) is 3. The Morgan fingerprint density at radius 2 is 1.90 bits per heavy atom. The first-order valence-corrected chi connectivity index (χ1v) is 15.9. The molecular weight excluding hydrogens is 516 g/mol. The van der Waals surface area contributed by atoms with Gasteiger partial charge in [-0.15, -0.1) is 0 Å². The van der Waals surface area contributed by atoms with Gasteiger partial charge in [0.1, 0.15) is 23.4 Å². The van der Waals surface area contributed by atoms with Crippen molar-refractivity contribution in [3.05, 3.63) is 41.3 Å². The summed E-state index contributed by atoms with van der Waals surface area (Å²) < 4.78 is 39.6. The van der Waals surface area contributed by atoms with Gasteiger partial charge in [0.15, 0.2) is 15.5 Å². The predicted molar refractivity (Wildman–Crippen MR) is 148 cm³/mol. The molecule has 2 unspecified atom stereocenters. The Morgan fingerprint density at radius 3 is 2.59 bits per heavy atom. The number of fused-ring (bicyclic) bond motifs is 1. The number of sulfone groups is 1. The van der Waals surface area contributed by atoms with E-state index in [2.05, 4.69) is 5.32 Å². The highest BCUT2D eigenvalue weighted by Gasteiger charge is 2.31. The third kappa shape index (κ3) is 5.60. The third-order valence-electron chi connectivity index (χ3n) is 8.02. The zero-order valence-electron chi connectivity index (χ0n) is 22.6. The number of anilines is 2. The Morgan fingerprint density at radius 1 is 1.05 bits per heavy atom. The number of imidazole rings is 1. The predicted octanol–water partition coefficient (Wildman–Crippen LogP) is 5.00. The van der Waals surface area contributed by atoms with Crippen LogP contribution in [0.4, 0.5) is 11.4 Å². The SMILES string of the molecule is Cc1nc2c(Nc3ccc(C4CCCOC4)cc3S(C)(=O)=O)cc(CC(=O)C3CC3)nc2n1C1CCCCO1. The fourth-order valence-corrected chi connectivity index (χ4v) is 6.63. The number of carbonyl (C=O) groups is 1. The Hall–Kier alpha value is -2.82. The summed E-state index contributed by atoms with van der Waals surface area (Å²) in [5, 5.41) is 3.38. The molecule has 1 aliphatic carbocycles. The molecule has 3 aliphatic rings. The van der Waals surface area contributed by atoms with Crippen LogP contribution >= 0.6 is 0 Å². The smallest absolute Gasteiger partial charge is 0.177 e. The Labute approximate surface area is 229 Å². The number of aryl methyl sites for hydroxylation is 1. The lowest BCUT2D eigenvalue weighted by molar-refractivity contribution is -0.119. The lowest BCUT2D eigenvalue weighted by Crippen LogP contribution is -2.19. The molecule has 4 heterocycles. The maximum Gasteiger partial charge on any atom is 0.177 e. The average Bonchev–Trinajstić information content (AvgIpc) is 3.72. The molecule has 1 saturated carbocycles. The first kappa shape index (κ1) is 26.4. The lowest BCUT2D eigenvalue weighted by atomic mass is 9.93. The first-order valence-electron chi connectivity index (χ1n) is 14.0. The number of pyridine rings is 1. The second-order valence-corrected chi connectivity index (χ2v) is 13.2. The van der Waals surface area contributed by atoms with Crippen LogP contribution in [-0.4, -0.2) is 54.8 Å². The molecule has 39 heavy (non-hydrogen) atoms. The number of Topliss-reactive ketones (excluding diaryl/α,β-unsaturated/α-hetero) is 1. The van der Waals surface area contributed by atoms with E-state index in [0.717, 1.165) is 62.9 Å². The van der Waals surface area contributed by atoms with E-state index in [1.807, 2.05) is 29.7 Å². The fourth-order valence-electron chi connectivity index (χ4n) is 5.76. The van der Waals surface area contributed by atoms with Gasteiger partial charge in [0, 0.05) is 37.7 Å². The molecule has 9 nitrogen and oxygen atoms in total. The summed E-state index contributed by atoms with van der Waals surface area (Å²) in [5.41, 5.74) is 4.01. The normalized spacial score (nSPS) is 22.2. The number of nitrogens with one attached hydrogen (secondary N) is 1. The average molecular weight is 553 g/mol. The largest absolute Gasteiger partial charge is 0.381 e. The second-order valence-electron chi connectivity index (χ2n) is 11.2. The molecule has 0 spiro atoms. The fraction of sp³-hybridized carbons (Fsp3) is 0.552. The summed E-state index contributed by atoms with van der Waals surface area (Å²) in [5.74, 6) is 1.27. The van der Waals surface area contributed by atoms with Crippen LogP contribution in [0.5, 0.6) is 0 Å². The summed E-state index contributed by atoms with van der Waals surface area (Å²) in [6.07, 6.45) is 8.08. The number of ketones is 1. The lowest BCUT2D eigenvalue weighted by Gasteiger charge is -2.25.